The summed E-state index contributed by atoms with van der Waals surface area (Å²) in [6.45, 7) is 4.82. The Morgan fingerprint density at radius 3 is 2.80 bits per heavy atom. The number of furan rings is 1. The number of ether oxygens (including phenoxy) is 1. The molecule has 7 nitrogen and oxygen atoms in total. The van der Waals surface area contributed by atoms with E-state index in [-0.39, 0.29) is 30.2 Å². The van der Waals surface area contributed by atoms with Gasteiger partial charge in [0.05, 0.1) is 31.0 Å². The van der Waals surface area contributed by atoms with Gasteiger partial charge in [0, 0.05) is 19.5 Å². The van der Waals surface area contributed by atoms with Gasteiger partial charge in [-0.1, -0.05) is 6.07 Å². The molecule has 1 aromatic heterocycles. The van der Waals surface area contributed by atoms with Crippen LogP contribution in [-0.4, -0.2) is 50.0 Å². The molecule has 30 heavy (non-hydrogen) atoms. The van der Waals surface area contributed by atoms with Gasteiger partial charge in [-0.2, -0.15) is 0 Å². The minimum absolute atomic E-state index is 0.0246. The Morgan fingerprint density at radius 2 is 2.10 bits per heavy atom. The SMILES string of the molecule is COc1ccc(C)cc1N1CC(C(=O)NCC(c2ccco2)N2CCCC2)CC1=O. The molecule has 3 heterocycles. The van der Waals surface area contributed by atoms with Gasteiger partial charge in [0.25, 0.3) is 0 Å². The number of carbonyl (C=O) groups is 2. The quantitative estimate of drug-likeness (QED) is 0.758. The Kier molecular flexibility index (Phi) is 6.08. The minimum atomic E-state index is -0.376. The fourth-order valence-electron chi connectivity index (χ4n) is 4.41. The van der Waals surface area contributed by atoms with E-state index in [1.54, 1.807) is 18.3 Å². The maximum Gasteiger partial charge on any atom is 0.227 e. The van der Waals surface area contributed by atoms with Crippen molar-refractivity contribution in [3.8, 4) is 5.75 Å². The average Bonchev–Trinajstić information content (AvgIpc) is 3.50. The zero-order valence-electron chi connectivity index (χ0n) is 17.6. The monoisotopic (exact) mass is 411 g/mol. The lowest BCUT2D eigenvalue weighted by molar-refractivity contribution is -0.126. The molecular weight excluding hydrogens is 382 g/mol. The summed E-state index contributed by atoms with van der Waals surface area (Å²) >= 11 is 0. The number of rotatable bonds is 7. The maximum atomic E-state index is 12.9. The lowest BCUT2D eigenvalue weighted by Gasteiger charge is -2.26. The molecule has 2 aromatic rings. The van der Waals surface area contributed by atoms with Crippen molar-refractivity contribution < 1.29 is 18.7 Å². The number of benzene rings is 1. The molecule has 0 radical (unpaired) electrons. The van der Waals surface area contributed by atoms with Gasteiger partial charge in [0.2, 0.25) is 11.8 Å². The Morgan fingerprint density at radius 1 is 1.30 bits per heavy atom. The number of hydrogen-bond acceptors (Lipinski definition) is 5. The van der Waals surface area contributed by atoms with Gasteiger partial charge in [-0.15, -0.1) is 0 Å². The number of nitrogens with one attached hydrogen (secondary N) is 1. The van der Waals surface area contributed by atoms with Crippen LogP contribution in [0.1, 0.15) is 36.6 Å². The molecule has 0 aliphatic carbocycles. The average molecular weight is 412 g/mol. The predicted molar refractivity (Wildman–Crippen MR) is 113 cm³/mol. The number of amides is 2. The molecule has 1 N–H and O–H groups in total. The second-order valence-electron chi connectivity index (χ2n) is 8.10. The fraction of sp³-hybridized carbons (Fsp3) is 0.478. The van der Waals surface area contributed by atoms with Crippen LogP contribution in [0.5, 0.6) is 5.75 Å². The summed E-state index contributed by atoms with van der Waals surface area (Å²) in [6, 6.07) is 9.59. The molecule has 0 saturated carbocycles. The van der Waals surface area contributed by atoms with Crippen molar-refractivity contribution in [1.82, 2.24) is 10.2 Å². The summed E-state index contributed by atoms with van der Waals surface area (Å²) in [4.78, 5) is 29.6. The molecule has 2 unspecified atom stereocenters. The summed E-state index contributed by atoms with van der Waals surface area (Å²) in [5.41, 5.74) is 1.77. The van der Waals surface area contributed by atoms with E-state index in [0.717, 1.165) is 42.9 Å². The number of methoxy groups -OCH3 is 1. The molecule has 2 fully saturated rings. The Bertz CT molecular complexity index is 890. The van der Waals surface area contributed by atoms with Crippen molar-refractivity contribution in [1.29, 1.82) is 0 Å². The first-order valence-corrected chi connectivity index (χ1v) is 10.6. The smallest absolute Gasteiger partial charge is 0.227 e. The molecular formula is C23H29N3O4. The zero-order chi connectivity index (χ0) is 21.1. The molecule has 160 valence electrons. The van der Waals surface area contributed by atoms with Crippen LogP contribution >= 0.6 is 0 Å². The van der Waals surface area contributed by atoms with Crippen molar-refractivity contribution in [2.45, 2.75) is 32.2 Å². The standard InChI is InChI=1S/C23H29N3O4/c1-16-7-8-20(29-2)18(12-16)26-15-17(13-22(26)27)23(28)24-14-19(21-6-5-11-30-21)25-9-3-4-10-25/h5-8,11-12,17,19H,3-4,9-10,13-15H2,1-2H3,(H,24,28). The number of anilines is 1. The first kappa shape index (κ1) is 20.5. The van der Waals surface area contributed by atoms with Crippen molar-refractivity contribution in [3.63, 3.8) is 0 Å². The molecule has 2 saturated heterocycles. The molecule has 2 atom stereocenters. The Labute approximate surface area is 177 Å². The van der Waals surface area contributed by atoms with E-state index in [9.17, 15) is 9.59 Å². The van der Waals surface area contributed by atoms with Gasteiger partial charge in [-0.3, -0.25) is 14.5 Å². The second-order valence-corrected chi connectivity index (χ2v) is 8.10. The van der Waals surface area contributed by atoms with E-state index < -0.39 is 0 Å². The molecule has 2 amide bonds. The van der Waals surface area contributed by atoms with Crippen LogP contribution in [0, 0.1) is 12.8 Å². The Hall–Kier alpha value is -2.80. The number of nitrogens with zero attached hydrogens (tertiary/aromatic N) is 2. The number of hydrogen-bond donors (Lipinski definition) is 1. The molecule has 4 rings (SSSR count). The van der Waals surface area contributed by atoms with E-state index in [0.29, 0.717) is 18.8 Å². The first-order valence-electron chi connectivity index (χ1n) is 10.6. The van der Waals surface area contributed by atoms with Crippen LogP contribution in [0.2, 0.25) is 0 Å². The summed E-state index contributed by atoms with van der Waals surface area (Å²) in [5, 5.41) is 3.07. The third-order valence-electron chi connectivity index (χ3n) is 6.04. The summed E-state index contributed by atoms with van der Waals surface area (Å²) in [5.74, 6) is 0.987. The van der Waals surface area contributed by atoms with Gasteiger partial charge >= 0.3 is 0 Å². The highest BCUT2D eigenvalue weighted by atomic mass is 16.5. The summed E-state index contributed by atoms with van der Waals surface area (Å²) in [7, 11) is 1.59. The first-order chi connectivity index (χ1) is 14.6. The molecule has 2 aliphatic rings. The molecule has 7 heteroatoms. The van der Waals surface area contributed by atoms with Gasteiger partial charge in [-0.25, -0.2) is 0 Å². The lowest BCUT2D eigenvalue weighted by Crippen LogP contribution is -2.39. The summed E-state index contributed by atoms with van der Waals surface area (Å²) in [6.07, 6.45) is 4.20. The number of carbonyl (C=O) groups excluding carboxylic acids is 2. The van der Waals surface area contributed by atoms with Crippen molar-refractivity contribution in [2.24, 2.45) is 5.92 Å². The fourth-order valence-corrected chi connectivity index (χ4v) is 4.41. The highest BCUT2D eigenvalue weighted by Gasteiger charge is 2.37. The molecule has 0 spiro atoms. The highest BCUT2D eigenvalue weighted by molar-refractivity contribution is 6.01. The van der Waals surface area contributed by atoms with Gasteiger partial charge in [0.15, 0.2) is 0 Å². The number of likely N-dealkylation sites (tertiary alicyclic amines) is 1. The largest absolute Gasteiger partial charge is 0.495 e. The van der Waals surface area contributed by atoms with Crippen molar-refractivity contribution >= 4 is 17.5 Å². The van der Waals surface area contributed by atoms with Crippen molar-refractivity contribution in [2.75, 3.05) is 38.2 Å². The van der Waals surface area contributed by atoms with Crippen LogP contribution in [0.25, 0.3) is 0 Å². The molecule has 0 bridgehead atoms. The third kappa shape index (κ3) is 4.21. The molecule has 2 aliphatic heterocycles. The van der Waals surface area contributed by atoms with E-state index in [1.807, 2.05) is 37.3 Å². The second kappa shape index (κ2) is 8.92. The van der Waals surface area contributed by atoms with Crippen LogP contribution in [0.15, 0.2) is 41.0 Å². The zero-order valence-corrected chi connectivity index (χ0v) is 17.6. The van der Waals surface area contributed by atoms with Crippen molar-refractivity contribution in [3.05, 3.63) is 47.9 Å². The van der Waals surface area contributed by atoms with Gasteiger partial charge in [0.1, 0.15) is 11.5 Å². The van der Waals surface area contributed by atoms with E-state index in [2.05, 4.69) is 10.2 Å². The lowest BCUT2D eigenvalue weighted by atomic mass is 10.1. The topological polar surface area (TPSA) is 75.0 Å². The van der Waals surface area contributed by atoms with E-state index in [4.69, 9.17) is 9.15 Å². The van der Waals surface area contributed by atoms with Gasteiger partial charge < -0.3 is 19.4 Å². The maximum absolute atomic E-state index is 12.9. The van der Waals surface area contributed by atoms with Crippen LogP contribution < -0.4 is 15.0 Å². The summed E-state index contributed by atoms with van der Waals surface area (Å²) < 4.78 is 11.0. The third-order valence-corrected chi connectivity index (χ3v) is 6.04. The normalized spacial score (nSPS) is 20.5. The van der Waals surface area contributed by atoms with Crippen LogP contribution in [0.4, 0.5) is 5.69 Å². The van der Waals surface area contributed by atoms with Crippen LogP contribution in [0.3, 0.4) is 0 Å². The predicted octanol–water partition coefficient (Wildman–Crippen LogP) is 2.90. The van der Waals surface area contributed by atoms with E-state index >= 15 is 0 Å². The van der Waals surface area contributed by atoms with Gasteiger partial charge in [-0.05, 0) is 62.7 Å². The molecule has 1 aromatic carbocycles. The Balaban J connectivity index is 1.42. The minimum Gasteiger partial charge on any atom is -0.495 e. The highest BCUT2D eigenvalue weighted by Crippen LogP contribution is 2.34. The van der Waals surface area contributed by atoms with Crippen LogP contribution in [-0.2, 0) is 9.59 Å². The van der Waals surface area contributed by atoms with E-state index in [1.165, 1.54) is 0 Å². The number of aryl methyl sites for hydroxylation is 1.